The molecule has 5 nitrogen and oxygen atoms in total. The zero-order valence-electron chi connectivity index (χ0n) is 8.27. The van der Waals surface area contributed by atoms with Gasteiger partial charge < -0.3 is 16.2 Å². The summed E-state index contributed by atoms with van der Waals surface area (Å²) >= 11 is 0. The van der Waals surface area contributed by atoms with Crippen molar-refractivity contribution in [2.45, 2.75) is 25.9 Å². The summed E-state index contributed by atoms with van der Waals surface area (Å²) in [6.07, 6.45) is 1.42. The number of aliphatic hydroxyl groups excluding tert-OH is 1. The maximum Gasteiger partial charge on any atom is 0.148 e. The SMILES string of the molecule is CCCC(O)CNc1ccc(N)nn1. The van der Waals surface area contributed by atoms with Crippen molar-refractivity contribution in [3.05, 3.63) is 12.1 Å². The molecule has 0 bridgehead atoms. The van der Waals surface area contributed by atoms with Crippen molar-refractivity contribution in [2.75, 3.05) is 17.6 Å². The van der Waals surface area contributed by atoms with Crippen LogP contribution in [0, 0.1) is 0 Å². The summed E-state index contributed by atoms with van der Waals surface area (Å²) in [5.74, 6) is 1.03. The second-order valence-corrected chi connectivity index (χ2v) is 3.17. The molecule has 78 valence electrons. The Morgan fingerprint density at radius 2 is 2.29 bits per heavy atom. The first-order chi connectivity index (χ1) is 6.72. The molecular formula is C9H16N4O. The van der Waals surface area contributed by atoms with Gasteiger partial charge in [-0.25, -0.2) is 0 Å². The zero-order valence-corrected chi connectivity index (χ0v) is 8.27. The van der Waals surface area contributed by atoms with Gasteiger partial charge in [0.15, 0.2) is 0 Å². The Morgan fingerprint density at radius 3 is 2.86 bits per heavy atom. The van der Waals surface area contributed by atoms with Crippen LogP contribution in [0.25, 0.3) is 0 Å². The lowest BCUT2D eigenvalue weighted by Crippen LogP contribution is -2.19. The third kappa shape index (κ3) is 3.57. The quantitative estimate of drug-likeness (QED) is 0.643. The number of nitrogens with zero attached hydrogens (tertiary/aromatic N) is 2. The minimum Gasteiger partial charge on any atom is -0.391 e. The summed E-state index contributed by atoms with van der Waals surface area (Å²) < 4.78 is 0. The van der Waals surface area contributed by atoms with E-state index in [1.165, 1.54) is 0 Å². The van der Waals surface area contributed by atoms with Crippen LogP contribution in [0.4, 0.5) is 11.6 Å². The number of hydrogen-bond acceptors (Lipinski definition) is 5. The third-order valence-corrected chi connectivity index (χ3v) is 1.83. The first-order valence-corrected chi connectivity index (χ1v) is 4.73. The van der Waals surface area contributed by atoms with E-state index in [1.54, 1.807) is 12.1 Å². The molecule has 0 aromatic carbocycles. The number of aliphatic hydroxyl groups is 1. The van der Waals surface area contributed by atoms with E-state index < -0.39 is 0 Å². The molecule has 1 unspecified atom stereocenters. The molecule has 0 saturated heterocycles. The van der Waals surface area contributed by atoms with Crippen LogP contribution >= 0.6 is 0 Å². The molecule has 0 aliphatic carbocycles. The maximum atomic E-state index is 9.43. The molecule has 1 atom stereocenters. The van der Waals surface area contributed by atoms with E-state index in [9.17, 15) is 5.11 Å². The Morgan fingerprint density at radius 1 is 1.50 bits per heavy atom. The second kappa shape index (κ2) is 5.39. The Kier molecular flexibility index (Phi) is 4.12. The van der Waals surface area contributed by atoms with Crippen LogP contribution in [0.2, 0.25) is 0 Å². The van der Waals surface area contributed by atoms with Crippen molar-refractivity contribution < 1.29 is 5.11 Å². The van der Waals surface area contributed by atoms with Gasteiger partial charge in [-0.15, -0.1) is 10.2 Å². The standard InChI is InChI=1S/C9H16N4O/c1-2-3-7(14)6-11-9-5-4-8(10)12-13-9/h4-5,7,14H,2-3,6H2,1H3,(H2,10,12)(H,11,13). The van der Waals surface area contributed by atoms with Gasteiger partial charge in [-0.2, -0.15) is 0 Å². The van der Waals surface area contributed by atoms with Crippen molar-refractivity contribution in [2.24, 2.45) is 0 Å². The molecule has 0 saturated carbocycles. The fourth-order valence-corrected chi connectivity index (χ4v) is 1.09. The van der Waals surface area contributed by atoms with Crippen molar-refractivity contribution in [3.8, 4) is 0 Å². The molecule has 0 spiro atoms. The summed E-state index contributed by atoms with van der Waals surface area (Å²) in [6, 6.07) is 3.41. The molecule has 0 aliphatic heterocycles. The number of nitrogens with two attached hydrogens (primary N) is 1. The van der Waals surface area contributed by atoms with Crippen molar-refractivity contribution in [3.63, 3.8) is 0 Å². The molecule has 4 N–H and O–H groups in total. The van der Waals surface area contributed by atoms with Crippen LogP contribution in [-0.4, -0.2) is 28.0 Å². The minimum atomic E-state index is -0.334. The van der Waals surface area contributed by atoms with Gasteiger partial charge in [0.25, 0.3) is 0 Å². The largest absolute Gasteiger partial charge is 0.391 e. The van der Waals surface area contributed by atoms with Crippen molar-refractivity contribution >= 4 is 11.6 Å². The summed E-state index contributed by atoms with van der Waals surface area (Å²) in [7, 11) is 0. The van der Waals surface area contributed by atoms with Gasteiger partial charge >= 0.3 is 0 Å². The average molecular weight is 196 g/mol. The van der Waals surface area contributed by atoms with Crippen LogP contribution in [0.5, 0.6) is 0 Å². The molecule has 1 rings (SSSR count). The second-order valence-electron chi connectivity index (χ2n) is 3.17. The van der Waals surface area contributed by atoms with E-state index in [-0.39, 0.29) is 6.10 Å². The topological polar surface area (TPSA) is 84.1 Å². The molecule has 14 heavy (non-hydrogen) atoms. The molecule has 1 aromatic rings. The van der Waals surface area contributed by atoms with Gasteiger partial charge in [0.1, 0.15) is 11.6 Å². The van der Waals surface area contributed by atoms with E-state index in [0.717, 1.165) is 12.8 Å². The van der Waals surface area contributed by atoms with E-state index >= 15 is 0 Å². The van der Waals surface area contributed by atoms with Crippen molar-refractivity contribution in [1.82, 2.24) is 10.2 Å². The number of anilines is 2. The smallest absolute Gasteiger partial charge is 0.148 e. The monoisotopic (exact) mass is 196 g/mol. The van der Waals surface area contributed by atoms with Crippen LogP contribution in [-0.2, 0) is 0 Å². The lowest BCUT2D eigenvalue weighted by atomic mass is 10.2. The zero-order chi connectivity index (χ0) is 10.4. The van der Waals surface area contributed by atoms with E-state index in [0.29, 0.717) is 18.2 Å². The molecule has 1 aromatic heterocycles. The van der Waals surface area contributed by atoms with Crippen LogP contribution in [0.15, 0.2) is 12.1 Å². The first-order valence-electron chi connectivity index (χ1n) is 4.73. The molecule has 0 radical (unpaired) electrons. The Labute approximate surface area is 83.3 Å². The lowest BCUT2D eigenvalue weighted by molar-refractivity contribution is 0.176. The number of aromatic nitrogens is 2. The van der Waals surface area contributed by atoms with Gasteiger partial charge in [-0.3, -0.25) is 0 Å². The van der Waals surface area contributed by atoms with E-state index in [4.69, 9.17) is 5.73 Å². The number of nitrogen functional groups attached to an aromatic ring is 1. The first kappa shape index (κ1) is 10.7. The number of nitrogens with one attached hydrogen (secondary N) is 1. The molecule has 1 heterocycles. The maximum absolute atomic E-state index is 9.43. The normalized spacial score (nSPS) is 12.4. The van der Waals surface area contributed by atoms with Gasteiger partial charge in [-0.1, -0.05) is 13.3 Å². The van der Waals surface area contributed by atoms with Gasteiger partial charge in [-0.05, 0) is 18.6 Å². The predicted molar refractivity (Wildman–Crippen MR) is 55.8 cm³/mol. The Balaban J connectivity index is 2.34. The highest BCUT2D eigenvalue weighted by Gasteiger charge is 2.02. The molecule has 0 aliphatic rings. The third-order valence-electron chi connectivity index (χ3n) is 1.83. The number of rotatable bonds is 5. The molecule has 5 heteroatoms. The lowest BCUT2D eigenvalue weighted by Gasteiger charge is -2.10. The fourth-order valence-electron chi connectivity index (χ4n) is 1.09. The number of hydrogen-bond donors (Lipinski definition) is 3. The summed E-state index contributed by atoms with van der Waals surface area (Å²) in [5, 5.41) is 19.9. The Hall–Kier alpha value is -1.36. The minimum absolute atomic E-state index is 0.334. The summed E-state index contributed by atoms with van der Waals surface area (Å²) in [6.45, 7) is 2.53. The van der Waals surface area contributed by atoms with Gasteiger partial charge in [0.2, 0.25) is 0 Å². The molecule has 0 amide bonds. The highest BCUT2D eigenvalue weighted by Crippen LogP contribution is 2.03. The van der Waals surface area contributed by atoms with Gasteiger partial charge in [0.05, 0.1) is 6.10 Å². The Bertz CT molecular complexity index is 262. The van der Waals surface area contributed by atoms with Crippen LogP contribution in [0.3, 0.4) is 0 Å². The van der Waals surface area contributed by atoms with Crippen LogP contribution in [0.1, 0.15) is 19.8 Å². The molecular weight excluding hydrogens is 180 g/mol. The predicted octanol–water partition coefficient (Wildman–Crippen LogP) is 0.632. The summed E-state index contributed by atoms with van der Waals surface area (Å²) in [5.41, 5.74) is 5.38. The van der Waals surface area contributed by atoms with Crippen LogP contribution < -0.4 is 11.1 Å². The average Bonchev–Trinajstić information content (AvgIpc) is 2.17. The summed E-state index contributed by atoms with van der Waals surface area (Å²) in [4.78, 5) is 0. The highest BCUT2D eigenvalue weighted by atomic mass is 16.3. The molecule has 0 fully saturated rings. The highest BCUT2D eigenvalue weighted by molar-refractivity contribution is 5.38. The van der Waals surface area contributed by atoms with Gasteiger partial charge in [0, 0.05) is 6.54 Å². The fraction of sp³-hybridized carbons (Fsp3) is 0.556. The van der Waals surface area contributed by atoms with E-state index in [2.05, 4.69) is 15.5 Å². The van der Waals surface area contributed by atoms with Crippen molar-refractivity contribution in [1.29, 1.82) is 0 Å². The van der Waals surface area contributed by atoms with E-state index in [1.807, 2.05) is 6.92 Å².